The van der Waals surface area contributed by atoms with Crippen molar-refractivity contribution in [1.29, 1.82) is 10.5 Å². The maximum absolute atomic E-state index is 9.62. The molecule has 10 rings (SSSR count). The summed E-state index contributed by atoms with van der Waals surface area (Å²) in [6.45, 7) is 0. The number of benzene rings is 7. The van der Waals surface area contributed by atoms with Crippen LogP contribution in [0.5, 0.6) is 0 Å². The van der Waals surface area contributed by atoms with Crippen molar-refractivity contribution in [1.82, 2.24) is 9.13 Å². The van der Waals surface area contributed by atoms with E-state index in [1.807, 2.05) is 42.5 Å². The molecule has 0 aliphatic rings. The highest BCUT2D eigenvalue weighted by atomic mass is 16.3. The lowest BCUT2D eigenvalue weighted by atomic mass is 10.0. The molecule has 0 radical (unpaired) electrons. The highest BCUT2D eigenvalue weighted by molar-refractivity contribution is 6.12. The van der Waals surface area contributed by atoms with Crippen molar-refractivity contribution in [2.45, 2.75) is 0 Å². The smallest absolute Gasteiger partial charge is 0.135 e. The highest BCUT2D eigenvalue weighted by Crippen LogP contribution is 2.38. The van der Waals surface area contributed by atoms with Crippen molar-refractivity contribution < 1.29 is 4.42 Å². The summed E-state index contributed by atoms with van der Waals surface area (Å²) in [5, 5.41) is 25.7. The summed E-state index contributed by atoms with van der Waals surface area (Å²) in [5.41, 5.74) is 11.4. The van der Waals surface area contributed by atoms with Gasteiger partial charge in [0, 0.05) is 43.7 Å². The highest BCUT2D eigenvalue weighted by Gasteiger charge is 2.17. The minimum Gasteiger partial charge on any atom is -0.456 e. The first-order chi connectivity index (χ1) is 24.2. The van der Waals surface area contributed by atoms with E-state index in [9.17, 15) is 10.5 Å². The van der Waals surface area contributed by atoms with Gasteiger partial charge in [-0.3, -0.25) is 0 Å². The van der Waals surface area contributed by atoms with Crippen LogP contribution in [0.2, 0.25) is 0 Å². The molecule has 49 heavy (non-hydrogen) atoms. The van der Waals surface area contributed by atoms with Crippen LogP contribution < -0.4 is 0 Å². The van der Waals surface area contributed by atoms with E-state index in [2.05, 4.69) is 124 Å². The normalized spacial score (nSPS) is 11.6. The van der Waals surface area contributed by atoms with Gasteiger partial charge < -0.3 is 13.6 Å². The molecule has 3 heterocycles. The quantitative estimate of drug-likeness (QED) is 0.196. The lowest BCUT2D eigenvalue weighted by Gasteiger charge is -2.10. The Morgan fingerprint density at radius 1 is 0.388 bits per heavy atom. The topological polar surface area (TPSA) is 70.6 Å². The molecule has 5 heteroatoms. The van der Waals surface area contributed by atoms with Crippen LogP contribution in [0.15, 0.2) is 150 Å². The first-order valence-electron chi connectivity index (χ1n) is 16.1. The van der Waals surface area contributed by atoms with E-state index in [0.29, 0.717) is 11.1 Å². The Balaban J connectivity index is 1.14. The van der Waals surface area contributed by atoms with Crippen molar-refractivity contribution >= 4 is 65.6 Å². The maximum atomic E-state index is 9.62. The predicted molar refractivity (Wildman–Crippen MR) is 197 cm³/mol. The van der Waals surface area contributed by atoms with Crippen molar-refractivity contribution in [2.75, 3.05) is 0 Å². The summed E-state index contributed by atoms with van der Waals surface area (Å²) in [6, 6.07) is 54.5. The first kappa shape index (κ1) is 27.1. The lowest BCUT2D eigenvalue weighted by molar-refractivity contribution is 0.669. The van der Waals surface area contributed by atoms with Crippen molar-refractivity contribution in [2.24, 2.45) is 0 Å². The van der Waals surface area contributed by atoms with Gasteiger partial charge in [0.1, 0.15) is 11.2 Å². The zero-order valence-electron chi connectivity index (χ0n) is 26.1. The third-order valence-corrected chi connectivity index (χ3v) is 9.75. The minimum atomic E-state index is 0.583. The molecule has 226 valence electrons. The van der Waals surface area contributed by atoms with E-state index in [-0.39, 0.29) is 0 Å². The molecule has 0 atom stereocenters. The van der Waals surface area contributed by atoms with Crippen LogP contribution in [-0.4, -0.2) is 9.13 Å². The summed E-state index contributed by atoms with van der Waals surface area (Å²) in [7, 11) is 0. The zero-order chi connectivity index (χ0) is 32.6. The number of rotatable bonds is 3. The molecule has 0 aliphatic heterocycles. The van der Waals surface area contributed by atoms with E-state index in [1.54, 1.807) is 0 Å². The molecule has 0 spiro atoms. The summed E-state index contributed by atoms with van der Waals surface area (Å²) >= 11 is 0. The fourth-order valence-corrected chi connectivity index (χ4v) is 7.55. The average molecular weight is 625 g/mol. The largest absolute Gasteiger partial charge is 0.456 e. The van der Waals surface area contributed by atoms with E-state index in [4.69, 9.17) is 4.42 Å². The summed E-state index contributed by atoms with van der Waals surface area (Å²) in [6.07, 6.45) is 0. The van der Waals surface area contributed by atoms with Crippen molar-refractivity contribution in [3.05, 3.63) is 157 Å². The molecule has 0 aliphatic carbocycles. The SMILES string of the molecule is N#Cc1ccc2c(c1)c1cc(C#N)ccc1n2-c1ccc2oc3ccc(-c4cccc(-n5c6ccccc6c6ccccc65)c4)cc3c2c1. The van der Waals surface area contributed by atoms with E-state index < -0.39 is 0 Å². The molecular formula is C44H24N4O. The van der Waals surface area contributed by atoms with Gasteiger partial charge >= 0.3 is 0 Å². The zero-order valence-corrected chi connectivity index (χ0v) is 26.1. The van der Waals surface area contributed by atoms with Gasteiger partial charge in [0.15, 0.2) is 0 Å². The number of aromatic nitrogens is 2. The first-order valence-corrected chi connectivity index (χ1v) is 16.1. The van der Waals surface area contributed by atoms with Crippen LogP contribution in [0.25, 0.3) is 88.1 Å². The van der Waals surface area contributed by atoms with Gasteiger partial charge in [0.25, 0.3) is 0 Å². The van der Waals surface area contributed by atoms with Gasteiger partial charge in [-0.25, -0.2) is 0 Å². The second kappa shape index (κ2) is 10.2. The lowest BCUT2D eigenvalue weighted by Crippen LogP contribution is -1.94. The van der Waals surface area contributed by atoms with E-state index >= 15 is 0 Å². The minimum absolute atomic E-state index is 0.583. The van der Waals surface area contributed by atoms with Crippen molar-refractivity contribution in [3.8, 4) is 34.6 Å². The van der Waals surface area contributed by atoms with Crippen LogP contribution >= 0.6 is 0 Å². The van der Waals surface area contributed by atoms with Crippen LogP contribution in [0.3, 0.4) is 0 Å². The van der Waals surface area contributed by atoms with Crippen molar-refractivity contribution in [3.63, 3.8) is 0 Å². The number of nitriles is 2. The second-order valence-corrected chi connectivity index (χ2v) is 12.4. The van der Waals surface area contributed by atoms with Gasteiger partial charge in [-0.2, -0.15) is 10.5 Å². The Morgan fingerprint density at radius 3 is 1.55 bits per heavy atom. The van der Waals surface area contributed by atoms with Crippen LogP contribution in [-0.2, 0) is 0 Å². The molecular weight excluding hydrogens is 601 g/mol. The molecule has 10 aromatic rings. The predicted octanol–water partition coefficient (Wildman–Crippen LogP) is 11.2. The molecule has 5 nitrogen and oxygen atoms in total. The van der Waals surface area contributed by atoms with Gasteiger partial charge in [0.05, 0.1) is 45.3 Å². The number of hydrogen-bond acceptors (Lipinski definition) is 3. The monoisotopic (exact) mass is 624 g/mol. The molecule has 0 saturated heterocycles. The van der Waals surface area contributed by atoms with Crippen LogP contribution in [0.1, 0.15) is 11.1 Å². The Bertz CT molecular complexity index is 2960. The fraction of sp³-hybridized carbons (Fsp3) is 0. The second-order valence-electron chi connectivity index (χ2n) is 12.4. The van der Waals surface area contributed by atoms with Gasteiger partial charge in [-0.1, -0.05) is 54.6 Å². The molecule has 3 aromatic heterocycles. The fourth-order valence-electron chi connectivity index (χ4n) is 7.55. The molecule has 0 unspecified atom stereocenters. The molecule has 0 fully saturated rings. The van der Waals surface area contributed by atoms with Crippen LogP contribution in [0, 0.1) is 22.7 Å². The average Bonchev–Trinajstić information content (AvgIpc) is 3.81. The molecule has 7 aromatic carbocycles. The number of para-hydroxylation sites is 2. The Hall–Kier alpha value is -7.08. The summed E-state index contributed by atoms with van der Waals surface area (Å²) in [4.78, 5) is 0. The number of hydrogen-bond donors (Lipinski definition) is 0. The maximum Gasteiger partial charge on any atom is 0.135 e. The number of furan rings is 1. The van der Waals surface area contributed by atoms with Gasteiger partial charge in [-0.15, -0.1) is 0 Å². The van der Waals surface area contributed by atoms with E-state index in [0.717, 1.165) is 66.2 Å². The molecule has 0 amide bonds. The third-order valence-electron chi connectivity index (χ3n) is 9.75. The van der Waals surface area contributed by atoms with Gasteiger partial charge in [-0.05, 0) is 102 Å². The molecule has 0 bridgehead atoms. The molecule has 0 N–H and O–H groups in total. The van der Waals surface area contributed by atoms with E-state index in [1.165, 1.54) is 21.8 Å². The van der Waals surface area contributed by atoms with Gasteiger partial charge in [0.2, 0.25) is 0 Å². The Kier molecular flexibility index (Phi) is 5.64. The molecule has 0 saturated carbocycles. The third kappa shape index (κ3) is 3.97. The number of fused-ring (bicyclic) bond motifs is 9. The van der Waals surface area contributed by atoms with Crippen LogP contribution in [0.4, 0.5) is 0 Å². The Morgan fingerprint density at radius 2 is 0.918 bits per heavy atom. The number of nitrogens with zero attached hydrogens (tertiary/aromatic N) is 4. The summed E-state index contributed by atoms with van der Waals surface area (Å²) < 4.78 is 10.9. The Labute approximate surface area is 280 Å². The standard InChI is InChI=1S/C44H24N4O/c45-25-27-12-16-41-35(20-27)36-21-28(26-46)13-17-42(36)48(41)32-15-19-44-38(24-32)37-23-30(14-18-43(37)49-44)29-6-5-7-31(22-29)47-39-10-3-1-8-33(39)34-9-2-4-11-40(34)47/h1-24H. The summed E-state index contributed by atoms with van der Waals surface area (Å²) in [5.74, 6) is 0.